The van der Waals surface area contributed by atoms with Crippen molar-refractivity contribution in [2.45, 2.75) is 48.1 Å². The van der Waals surface area contributed by atoms with E-state index >= 15 is 0 Å². The van der Waals surface area contributed by atoms with Crippen LogP contribution in [0.25, 0.3) is 5.69 Å². The lowest BCUT2D eigenvalue weighted by Crippen LogP contribution is -2.24. The normalized spacial score (nSPS) is 14.7. The largest absolute Gasteiger partial charge is 0.382 e. The summed E-state index contributed by atoms with van der Waals surface area (Å²) in [5.74, 6) is -0.401. The van der Waals surface area contributed by atoms with Gasteiger partial charge in [0.15, 0.2) is 0 Å². The minimum absolute atomic E-state index is 0.399. The molecule has 1 aliphatic rings. The first-order valence-electron chi connectivity index (χ1n) is 9.67. The molecule has 1 aliphatic carbocycles. The first kappa shape index (κ1) is 18.6. The van der Waals surface area contributed by atoms with Crippen LogP contribution in [0, 0.1) is 0 Å². The van der Waals surface area contributed by atoms with Crippen molar-refractivity contribution in [2.24, 2.45) is 5.73 Å². The molecule has 3 N–H and O–H groups in total. The fraction of sp³-hybridized carbons (Fsp3) is 0.273. The van der Waals surface area contributed by atoms with Gasteiger partial charge in [0.05, 0.1) is 10.6 Å². The van der Waals surface area contributed by atoms with E-state index in [4.69, 9.17) is 5.73 Å². The molecule has 2 heterocycles. The van der Waals surface area contributed by atoms with Gasteiger partial charge in [-0.1, -0.05) is 31.0 Å². The summed E-state index contributed by atoms with van der Waals surface area (Å²) in [6.07, 6.45) is 11.7. The minimum atomic E-state index is -0.401. The zero-order valence-corrected chi connectivity index (χ0v) is 16.5. The summed E-state index contributed by atoms with van der Waals surface area (Å²) in [6.45, 7) is 0. The van der Waals surface area contributed by atoms with Crippen molar-refractivity contribution >= 4 is 23.4 Å². The van der Waals surface area contributed by atoms with E-state index in [0.29, 0.717) is 11.6 Å². The zero-order chi connectivity index (χ0) is 19.3. The lowest BCUT2D eigenvalue weighted by Gasteiger charge is -2.25. The number of carbonyl (C=O) groups is 1. The number of hydrogen-bond donors (Lipinski definition) is 2. The van der Waals surface area contributed by atoms with Crippen molar-refractivity contribution in [1.82, 2.24) is 9.55 Å². The molecule has 1 fully saturated rings. The number of hydrogen-bond acceptors (Lipinski definition) is 4. The second-order valence-corrected chi connectivity index (χ2v) is 8.17. The van der Waals surface area contributed by atoms with Gasteiger partial charge in [-0.2, -0.15) is 0 Å². The van der Waals surface area contributed by atoms with Crippen molar-refractivity contribution in [1.29, 1.82) is 0 Å². The number of nitrogens with two attached hydrogens (primary N) is 1. The molecule has 1 amide bonds. The lowest BCUT2D eigenvalue weighted by atomic mass is 9.95. The highest BCUT2D eigenvalue weighted by atomic mass is 32.2. The predicted octanol–water partition coefficient (Wildman–Crippen LogP) is 4.87. The summed E-state index contributed by atoms with van der Waals surface area (Å²) in [4.78, 5) is 17.2. The van der Waals surface area contributed by atoms with Gasteiger partial charge in [0.2, 0.25) is 0 Å². The van der Waals surface area contributed by atoms with Crippen molar-refractivity contribution in [3.8, 4) is 5.69 Å². The van der Waals surface area contributed by atoms with Gasteiger partial charge in [0.25, 0.3) is 5.91 Å². The number of benzene rings is 1. The Morgan fingerprint density at radius 2 is 2.00 bits per heavy atom. The molecule has 3 aromatic rings. The summed E-state index contributed by atoms with van der Waals surface area (Å²) in [6, 6.07) is 14.3. The third-order valence-corrected chi connectivity index (χ3v) is 6.10. The fourth-order valence-corrected chi connectivity index (χ4v) is 4.59. The molecule has 0 spiro atoms. The summed E-state index contributed by atoms with van der Waals surface area (Å²) in [5, 5.41) is 4.66. The number of amides is 1. The van der Waals surface area contributed by atoms with Crippen LogP contribution in [0.4, 0.5) is 5.69 Å². The number of carbonyl (C=O) groups excluding carboxylic acids is 1. The van der Waals surface area contributed by atoms with E-state index in [1.54, 1.807) is 18.0 Å². The minimum Gasteiger partial charge on any atom is -0.382 e. The van der Waals surface area contributed by atoms with Crippen LogP contribution in [0.15, 0.2) is 71.0 Å². The van der Waals surface area contributed by atoms with Crippen LogP contribution in [0.5, 0.6) is 0 Å². The second-order valence-electron chi connectivity index (χ2n) is 7.08. The number of anilines is 1. The van der Waals surface area contributed by atoms with Crippen molar-refractivity contribution in [3.63, 3.8) is 0 Å². The third-order valence-electron chi connectivity index (χ3n) is 5.08. The molecule has 1 aromatic carbocycles. The number of pyridine rings is 1. The molecule has 0 bridgehead atoms. The Kier molecular flexibility index (Phi) is 5.67. The van der Waals surface area contributed by atoms with Crippen LogP contribution < -0.4 is 11.1 Å². The van der Waals surface area contributed by atoms with Gasteiger partial charge in [-0.3, -0.25) is 9.78 Å². The second kappa shape index (κ2) is 8.52. The first-order valence-corrected chi connectivity index (χ1v) is 10.5. The Morgan fingerprint density at radius 3 is 2.75 bits per heavy atom. The van der Waals surface area contributed by atoms with Crippen molar-refractivity contribution in [3.05, 3.63) is 66.6 Å². The highest BCUT2D eigenvalue weighted by molar-refractivity contribution is 7.99. The van der Waals surface area contributed by atoms with Crippen LogP contribution in [0.3, 0.4) is 0 Å². The number of primary amides is 1. The molecule has 1 saturated carbocycles. The molecular formula is C22H24N4OS. The molecule has 5 nitrogen and oxygen atoms in total. The highest BCUT2D eigenvalue weighted by Crippen LogP contribution is 2.31. The van der Waals surface area contributed by atoms with Crippen molar-refractivity contribution in [2.75, 3.05) is 5.32 Å². The molecule has 4 rings (SSSR count). The van der Waals surface area contributed by atoms with Gasteiger partial charge in [-0.05, 0) is 55.3 Å². The Hall–Kier alpha value is -2.73. The van der Waals surface area contributed by atoms with Crippen LogP contribution in [-0.4, -0.2) is 21.5 Å². The van der Waals surface area contributed by atoms with E-state index in [-0.39, 0.29) is 0 Å². The van der Waals surface area contributed by atoms with Gasteiger partial charge in [0.1, 0.15) is 0 Å². The highest BCUT2D eigenvalue weighted by Gasteiger charge is 2.17. The Balaban J connectivity index is 1.64. The molecule has 144 valence electrons. The molecule has 28 heavy (non-hydrogen) atoms. The number of rotatable bonds is 6. The van der Waals surface area contributed by atoms with E-state index in [1.807, 2.05) is 48.8 Å². The van der Waals surface area contributed by atoms with E-state index in [0.717, 1.165) is 34.1 Å². The summed E-state index contributed by atoms with van der Waals surface area (Å²) >= 11 is 1.66. The standard InChI is InChI=1S/C22H24N4OS/c23-22(27)19-11-10-17(14-20(19)25-16-6-2-1-3-7-16)26-13-5-9-21(26)28-18-8-4-12-24-15-18/h4-5,8-16,25H,1-3,6-7H2,(H2,23,27). The van der Waals surface area contributed by atoms with E-state index in [1.165, 1.54) is 19.3 Å². The maximum absolute atomic E-state index is 11.9. The fourth-order valence-electron chi connectivity index (χ4n) is 3.67. The van der Waals surface area contributed by atoms with Crippen LogP contribution in [0.2, 0.25) is 0 Å². The average molecular weight is 393 g/mol. The van der Waals surface area contributed by atoms with Gasteiger partial charge in [0, 0.05) is 40.9 Å². The van der Waals surface area contributed by atoms with E-state index in [2.05, 4.69) is 20.9 Å². The number of nitrogens with zero attached hydrogens (tertiary/aromatic N) is 2. The Bertz CT molecular complexity index is 948. The molecule has 2 aromatic heterocycles. The van der Waals surface area contributed by atoms with Crippen molar-refractivity contribution < 1.29 is 4.79 Å². The Morgan fingerprint density at radius 1 is 1.14 bits per heavy atom. The van der Waals surface area contributed by atoms with Gasteiger partial charge in [-0.25, -0.2) is 0 Å². The maximum Gasteiger partial charge on any atom is 0.250 e. The Labute approximate surface area is 169 Å². The van der Waals surface area contributed by atoms with Gasteiger partial charge < -0.3 is 15.6 Å². The maximum atomic E-state index is 11.9. The quantitative estimate of drug-likeness (QED) is 0.628. The smallest absolute Gasteiger partial charge is 0.250 e. The van der Waals surface area contributed by atoms with E-state index < -0.39 is 5.91 Å². The van der Waals surface area contributed by atoms with Crippen LogP contribution in [-0.2, 0) is 0 Å². The van der Waals surface area contributed by atoms with Crippen LogP contribution >= 0.6 is 11.8 Å². The predicted molar refractivity (Wildman–Crippen MR) is 113 cm³/mol. The number of nitrogens with one attached hydrogen (secondary N) is 1. The molecule has 0 atom stereocenters. The summed E-state index contributed by atoms with van der Waals surface area (Å²) in [5.41, 5.74) is 7.99. The summed E-state index contributed by atoms with van der Waals surface area (Å²) < 4.78 is 2.12. The van der Waals surface area contributed by atoms with Gasteiger partial charge in [-0.15, -0.1) is 0 Å². The monoisotopic (exact) mass is 392 g/mol. The number of aromatic nitrogens is 2. The van der Waals surface area contributed by atoms with E-state index in [9.17, 15) is 4.79 Å². The van der Waals surface area contributed by atoms with Crippen LogP contribution in [0.1, 0.15) is 42.5 Å². The molecule has 0 aliphatic heterocycles. The zero-order valence-electron chi connectivity index (χ0n) is 15.7. The average Bonchev–Trinajstić information content (AvgIpc) is 3.17. The van der Waals surface area contributed by atoms with Gasteiger partial charge >= 0.3 is 0 Å². The molecule has 0 radical (unpaired) electrons. The summed E-state index contributed by atoms with van der Waals surface area (Å²) in [7, 11) is 0. The lowest BCUT2D eigenvalue weighted by molar-refractivity contribution is 0.100. The molecule has 0 unspecified atom stereocenters. The topological polar surface area (TPSA) is 72.9 Å². The SMILES string of the molecule is NC(=O)c1ccc(-n2cccc2Sc2cccnc2)cc1NC1CCCCC1. The third kappa shape index (κ3) is 4.22. The molecule has 6 heteroatoms. The molecular weight excluding hydrogens is 368 g/mol. The molecule has 0 saturated heterocycles. The first-order chi connectivity index (χ1) is 13.7.